The third-order valence-electron chi connectivity index (χ3n) is 3.71. The topological polar surface area (TPSA) is 29.1 Å². The van der Waals surface area contributed by atoms with Crippen LogP contribution in [0.1, 0.15) is 32.6 Å². The van der Waals surface area contributed by atoms with Gasteiger partial charge in [0.2, 0.25) is 5.91 Å². The first-order chi connectivity index (χ1) is 8.58. The van der Waals surface area contributed by atoms with E-state index in [4.69, 9.17) is 0 Å². The highest BCUT2D eigenvalue weighted by Crippen LogP contribution is 2.31. The SMILES string of the molecule is CC(C(=O)Nc1ccc(F)c(F)c1)C1CCCC1. The van der Waals surface area contributed by atoms with Gasteiger partial charge in [0.25, 0.3) is 0 Å². The van der Waals surface area contributed by atoms with E-state index in [0.29, 0.717) is 11.6 Å². The number of nitrogens with one attached hydrogen (secondary N) is 1. The van der Waals surface area contributed by atoms with Crippen LogP contribution in [0.5, 0.6) is 0 Å². The Balaban J connectivity index is 1.99. The average molecular weight is 253 g/mol. The standard InChI is InChI=1S/C14H17F2NO/c1-9(10-4-2-3-5-10)14(18)17-11-6-7-12(15)13(16)8-11/h6-10H,2-5H2,1H3,(H,17,18). The van der Waals surface area contributed by atoms with Crippen molar-refractivity contribution in [3.8, 4) is 0 Å². The van der Waals surface area contributed by atoms with Gasteiger partial charge in [0, 0.05) is 17.7 Å². The number of benzene rings is 1. The lowest BCUT2D eigenvalue weighted by molar-refractivity contribution is -0.120. The monoisotopic (exact) mass is 253 g/mol. The molecule has 18 heavy (non-hydrogen) atoms. The maximum Gasteiger partial charge on any atom is 0.227 e. The number of hydrogen-bond donors (Lipinski definition) is 1. The van der Waals surface area contributed by atoms with Crippen LogP contribution in [0.4, 0.5) is 14.5 Å². The van der Waals surface area contributed by atoms with Crippen molar-refractivity contribution < 1.29 is 13.6 Å². The second-order valence-electron chi connectivity index (χ2n) is 4.95. The smallest absolute Gasteiger partial charge is 0.227 e. The van der Waals surface area contributed by atoms with Crippen molar-refractivity contribution in [3.05, 3.63) is 29.8 Å². The Hall–Kier alpha value is -1.45. The number of carbonyl (C=O) groups is 1. The van der Waals surface area contributed by atoms with Crippen LogP contribution in [-0.4, -0.2) is 5.91 Å². The summed E-state index contributed by atoms with van der Waals surface area (Å²) in [6.07, 6.45) is 4.50. The summed E-state index contributed by atoms with van der Waals surface area (Å²) < 4.78 is 25.8. The normalized spacial score (nSPS) is 17.7. The minimum atomic E-state index is -0.943. The molecule has 1 N–H and O–H groups in total. The molecule has 0 bridgehead atoms. The van der Waals surface area contributed by atoms with E-state index in [0.717, 1.165) is 25.0 Å². The predicted molar refractivity (Wildman–Crippen MR) is 66.1 cm³/mol. The van der Waals surface area contributed by atoms with Crippen molar-refractivity contribution in [1.29, 1.82) is 0 Å². The van der Waals surface area contributed by atoms with Gasteiger partial charge in [-0.3, -0.25) is 4.79 Å². The summed E-state index contributed by atoms with van der Waals surface area (Å²) in [5.41, 5.74) is 0.309. The van der Waals surface area contributed by atoms with Crippen molar-refractivity contribution in [2.24, 2.45) is 11.8 Å². The molecule has 0 aliphatic heterocycles. The van der Waals surface area contributed by atoms with Crippen LogP contribution in [0.15, 0.2) is 18.2 Å². The molecule has 1 aliphatic rings. The molecule has 0 radical (unpaired) electrons. The summed E-state index contributed by atoms with van der Waals surface area (Å²) in [4.78, 5) is 12.0. The number of amides is 1. The molecule has 1 aromatic rings. The molecule has 1 amide bonds. The van der Waals surface area contributed by atoms with Crippen LogP contribution < -0.4 is 5.32 Å². The molecule has 1 aromatic carbocycles. The number of hydrogen-bond acceptors (Lipinski definition) is 1. The molecule has 1 aliphatic carbocycles. The van der Waals surface area contributed by atoms with Gasteiger partial charge in [0.15, 0.2) is 11.6 Å². The first-order valence-corrected chi connectivity index (χ1v) is 6.34. The molecule has 0 aromatic heterocycles. The fraction of sp³-hybridized carbons (Fsp3) is 0.500. The zero-order valence-electron chi connectivity index (χ0n) is 10.4. The molecule has 1 saturated carbocycles. The van der Waals surface area contributed by atoms with E-state index in [1.54, 1.807) is 0 Å². The van der Waals surface area contributed by atoms with Gasteiger partial charge in [0.1, 0.15) is 0 Å². The van der Waals surface area contributed by atoms with E-state index in [1.165, 1.54) is 18.9 Å². The molecule has 0 heterocycles. The summed E-state index contributed by atoms with van der Waals surface area (Å²) >= 11 is 0. The summed E-state index contributed by atoms with van der Waals surface area (Å²) in [5.74, 6) is -1.64. The second kappa shape index (κ2) is 5.46. The molecule has 1 unspecified atom stereocenters. The molecule has 98 valence electrons. The first-order valence-electron chi connectivity index (χ1n) is 6.34. The predicted octanol–water partition coefficient (Wildman–Crippen LogP) is 3.73. The van der Waals surface area contributed by atoms with E-state index in [2.05, 4.69) is 5.32 Å². The largest absolute Gasteiger partial charge is 0.326 e. The minimum absolute atomic E-state index is 0.0828. The quantitative estimate of drug-likeness (QED) is 0.873. The van der Waals surface area contributed by atoms with E-state index in [-0.39, 0.29) is 11.8 Å². The lowest BCUT2D eigenvalue weighted by atomic mass is 9.92. The molecular formula is C14H17F2NO. The van der Waals surface area contributed by atoms with Crippen LogP contribution in [0.3, 0.4) is 0 Å². The molecule has 1 atom stereocenters. The van der Waals surface area contributed by atoms with Gasteiger partial charge in [-0.05, 0) is 30.9 Å². The number of rotatable bonds is 3. The molecule has 0 spiro atoms. The zero-order chi connectivity index (χ0) is 13.1. The average Bonchev–Trinajstić information content (AvgIpc) is 2.86. The molecule has 1 fully saturated rings. The highest BCUT2D eigenvalue weighted by Gasteiger charge is 2.26. The summed E-state index contributed by atoms with van der Waals surface area (Å²) in [5, 5.41) is 2.64. The molecule has 0 saturated heterocycles. The Morgan fingerprint density at radius 2 is 1.94 bits per heavy atom. The first kappa shape index (κ1) is 13.0. The second-order valence-corrected chi connectivity index (χ2v) is 4.95. The Kier molecular flexibility index (Phi) is 3.94. The van der Waals surface area contributed by atoms with Crippen LogP contribution >= 0.6 is 0 Å². The highest BCUT2D eigenvalue weighted by molar-refractivity contribution is 5.92. The van der Waals surface area contributed by atoms with E-state index >= 15 is 0 Å². The third-order valence-corrected chi connectivity index (χ3v) is 3.71. The Morgan fingerprint density at radius 1 is 1.28 bits per heavy atom. The fourth-order valence-corrected chi connectivity index (χ4v) is 2.50. The lowest BCUT2D eigenvalue weighted by Gasteiger charge is -2.18. The summed E-state index contributed by atoms with van der Waals surface area (Å²) in [6.45, 7) is 1.89. The van der Waals surface area contributed by atoms with Crippen LogP contribution in [0.2, 0.25) is 0 Å². The maximum absolute atomic E-state index is 13.0. The van der Waals surface area contributed by atoms with Gasteiger partial charge in [-0.25, -0.2) is 8.78 Å². The van der Waals surface area contributed by atoms with Crippen LogP contribution in [0.25, 0.3) is 0 Å². The van der Waals surface area contributed by atoms with Crippen molar-refractivity contribution in [1.82, 2.24) is 0 Å². The Morgan fingerprint density at radius 3 is 2.56 bits per heavy atom. The zero-order valence-corrected chi connectivity index (χ0v) is 10.4. The molecule has 2 nitrogen and oxygen atoms in total. The highest BCUT2D eigenvalue weighted by atomic mass is 19.2. The van der Waals surface area contributed by atoms with Gasteiger partial charge in [-0.1, -0.05) is 19.8 Å². The third kappa shape index (κ3) is 2.86. The van der Waals surface area contributed by atoms with Crippen LogP contribution in [0, 0.1) is 23.5 Å². The van der Waals surface area contributed by atoms with Crippen molar-refractivity contribution in [2.75, 3.05) is 5.32 Å². The summed E-state index contributed by atoms with van der Waals surface area (Å²) in [7, 11) is 0. The van der Waals surface area contributed by atoms with Gasteiger partial charge in [-0.15, -0.1) is 0 Å². The van der Waals surface area contributed by atoms with Crippen molar-refractivity contribution in [2.45, 2.75) is 32.6 Å². The van der Waals surface area contributed by atoms with E-state index in [9.17, 15) is 13.6 Å². The van der Waals surface area contributed by atoms with Gasteiger partial charge in [0.05, 0.1) is 0 Å². The minimum Gasteiger partial charge on any atom is -0.326 e. The van der Waals surface area contributed by atoms with E-state index in [1.807, 2.05) is 6.92 Å². The van der Waals surface area contributed by atoms with E-state index < -0.39 is 11.6 Å². The number of anilines is 1. The lowest BCUT2D eigenvalue weighted by Crippen LogP contribution is -2.25. The fourth-order valence-electron chi connectivity index (χ4n) is 2.50. The Bertz CT molecular complexity index is 441. The maximum atomic E-state index is 13.0. The molecular weight excluding hydrogens is 236 g/mol. The number of carbonyl (C=O) groups excluding carboxylic acids is 1. The Labute approximate surface area is 105 Å². The molecule has 4 heteroatoms. The van der Waals surface area contributed by atoms with Crippen molar-refractivity contribution in [3.63, 3.8) is 0 Å². The van der Waals surface area contributed by atoms with Gasteiger partial charge in [-0.2, -0.15) is 0 Å². The van der Waals surface area contributed by atoms with Gasteiger partial charge < -0.3 is 5.32 Å². The number of halogens is 2. The van der Waals surface area contributed by atoms with Crippen molar-refractivity contribution >= 4 is 11.6 Å². The van der Waals surface area contributed by atoms with Crippen LogP contribution in [-0.2, 0) is 4.79 Å². The molecule has 2 rings (SSSR count). The van der Waals surface area contributed by atoms with Gasteiger partial charge >= 0.3 is 0 Å². The summed E-state index contributed by atoms with van der Waals surface area (Å²) in [6, 6.07) is 3.40.